The Morgan fingerprint density at radius 1 is 1.43 bits per heavy atom. The smallest absolute Gasteiger partial charge is 0.274 e. The van der Waals surface area contributed by atoms with Crippen molar-refractivity contribution in [2.24, 2.45) is 5.10 Å². The monoisotopic (exact) mass is 290 g/mol. The first-order chi connectivity index (χ1) is 10.2. The molecule has 0 bridgehead atoms. The van der Waals surface area contributed by atoms with Gasteiger partial charge in [0.15, 0.2) is 0 Å². The third-order valence-corrected chi connectivity index (χ3v) is 3.36. The summed E-state index contributed by atoms with van der Waals surface area (Å²) in [6.45, 7) is 3.45. The van der Waals surface area contributed by atoms with Crippen LogP contribution in [0.2, 0.25) is 0 Å². The van der Waals surface area contributed by atoms with E-state index in [-0.39, 0.29) is 18.0 Å². The highest BCUT2D eigenvalue weighted by Crippen LogP contribution is 2.22. The van der Waals surface area contributed by atoms with E-state index < -0.39 is 5.82 Å². The molecular formula is C14H15FN4O2. The summed E-state index contributed by atoms with van der Waals surface area (Å²) in [5, 5.41) is 19.1. The molecule has 0 saturated heterocycles. The summed E-state index contributed by atoms with van der Waals surface area (Å²) in [6, 6.07) is 4.42. The number of aliphatic hydroxyl groups excluding tert-OH is 1. The van der Waals surface area contributed by atoms with Crippen LogP contribution in [-0.2, 0) is 6.61 Å². The third kappa shape index (κ3) is 2.64. The molecule has 2 heterocycles. The van der Waals surface area contributed by atoms with Gasteiger partial charge in [0.05, 0.1) is 12.2 Å². The molecule has 0 atom stereocenters. The zero-order chi connectivity index (χ0) is 14.8. The van der Waals surface area contributed by atoms with Crippen LogP contribution in [0, 0.1) is 5.82 Å². The summed E-state index contributed by atoms with van der Waals surface area (Å²) < 4.78 is 19.1. The van der Waals surface area contributed by atoms with E-state index in [0.29, 0.717) is 11.5 Å². The number of hydrogen-bond donors (Lipinski definition) is 1. The fraction of sp³-hybridized carbons (Fsp3) is 0.357. The Morgan fingerprint density at radius 2 is 2.29 bits per heavy atom. The highest BCUT2D eigenvalue weighted by Gasteiger charge is 2.21. The number of benzene rings is 1. The summed E-state index contributed by atoms with van der Waals surface area (Å²) >= 11 is 0. The van der Waals surface area contributed by atoms with E-state index in [1.165, 1.54) is 12.1 Å². The van der Waals surface area contributed by atoms with Gasteiger partial charge < -0.3 is 9.63 Å². The lowest BCUT2D eigenvalue weighted by molar-refractivity contribution is 0.281. The second kappa shape index (κ2) is 5.61. The highest BCUT2D eigenvalue weighted by molar-refractivity contribution is 5.97. The van der Waals surface area contributed by atoms with E-state index in [0.717, 1.165) is 25.2 Å². The van der Waals surface area contributed by atoms with Crippen LogP contribution in [0.25, 0.3) is 11.4 Å². The van der Waals surface area contributed by atoms with Gasteiger partial charge in [-0.2, -0.15) is 10.1 Å². The van der Waals surface area contributed by atoms with Crippen molar-refractivity contribution < 1.29 is 14.0 Å². The van der Waals surface area contributed by atoms with Crippen molar-refractivity contribution in [3.05, 3.63) is 35.5 Å². The average Bonchev–Trinajstić information content (AvgIpc) is 3.15. The van der Waals surface area contributed by atoms with Gasteiger partial charge in [0.2, 0.25) is 5.82 Å². The van der Waals surface area contributed by atoms with Crippen LogP contribution in [-0.4, -0.2) is 39.1 Å². The van der Waals surface area contributed by atoms with Gasteiger partial charge in [-0.05, 0) is 24.6 Å². The second-order valence-electron chi connectivity index (χ2n) is 4.74. The van der Waals surface area contributed by atoms with Crippen LogP contribution in [0.1, 0.15) is 24.8 Å². The van der Waals surface area contributed by atoms with Crippen molar-refractivity contribution in [3.63, 3.8) is 0 Å². The minimum atomic E-state index is -0.488. The van der Waals surface area contributed by atoms with E-state index in [2.05, 4.69) is 15.2 Å². The first-order valence-corrected chi connectivity index (χ1v) is 6.77. The Bertz CT molecular complexity index is 683. The van der Waals surface area contributed by atoms with Gasteiger partial charge in [0.25, 0.3) is 5.89 Å². The molecule has 1 N–H and O–H groups in total. The van der Waals surface area contributed by atoms with E-state index in [9.17, 15) is 4.39 Å². The zero-order valence-corrected chi connectivity index (χ0v) is 11.6. The molecule has 21 heavy (non-hydrogen) atoms. The van der Waals surface area contributed by atoms with Crippen LogP contribution in [0.3, 0.4) is 0 Å². The largest absolute Gasteiger partial charge is 0.392 e. The Hall–Kier alpha value is -2.28. The number of hydrazone groups is 1. The average molecular weight is 290 g/mol. The molecule has 1 aromatic carbocycles. The van der Waals surface area contributed by atoms with Gasteiger partial charge in [-0.25, -0.2) is 4.39 Å². The maximum Gasteiger partial charge on any atom is 0.274 e. The summed E-state index contributed by atoms with van der Waals surface area (Å²) in [4.78, 5) is 4.21. The maximum absolute atomic E-state index is 14.0. The van der Waals surface area contributed by atoms with Crippen LogP contribution < -0.4 is 0 Å². The molecule has 0 unspecified atom stereocenters. The number of nitrogens with zero attached hydrogens (tertiary/aromatic N) is 4. The van der Waals surface area contributed by atoms with Crippen molar-refractivity contribution >= 4 is 5.71 Å². The van der Waals surface area contributed by atoms with Gasteiger partial charge in [-0.15, -0.1) is 0 Å². The standard InChI is InChI=1S/C14H15FN4O2/c1-2-19-6-5-12(17-19)14-16-13(18-21-14)10-4-3-9(8-20)7-11(10)15/h3-4,7,20H,2,5-6,8H2,1H3. The molecule has 3 rings (SSSR count). The van der Waals surface area contributed by atoms with Gasteiger partial charge in [0.1, 0.15) is 11.5 Å². The molecule has 0 radical (unpaired) electrons. The number of rotatable bonds is 4. The molecule has 7 heteroatoms. The molecule has 0 aliphatic carbocycles. The summed E-state index contributed by atoms with van der Waals surface area (Å²) in [6.07, 6.45) is 0.738. The molecule has 0 saturated carbocycles. The van der Waals surface area contributed by atoms with Crippen molar-refractivity contribution in [3.8, 4) is 11.4 Å². The topological polar surface area (TPSA) is 74.8 Å². The summed E-state index contributed by atoms with van der Waals surface area (Å²) in [5.41, 5.74) is 1.47. The number of aliphatic hydroxyl groups is 1. The summed E-state index contributed by atoms with van der Waals surface area (Å²) in [7, 11) is 0. The fourth-order valence-electron chi connectivity index (χ4n) is 2.17. The SMILES string of the molecule is CCN1CCC(c2nc(-c3ccc(CO)cc3F)no2)=N1. The van der Waals surface area contributed by atoms with Crippen molar-refractivity contribution in [2.75, 3.05) is 13.1 Å². The van der Waals surface area contributed by atoms with E-state index in [1.54, 1.807) is 6.07 Å². The first-order valence-electron chi connectivity index (χ1n) is 6.77. The number of hydrogen-bond acceptors (Lipinski definition) is 6. The van der Waals surface area contributed by atoms with Crippen molar-refractivity contribution in [2.45, 2.75) is 20.0 Å². The third-order valence-electron chi connectivity index (χ3n) is 3.36. The minimum Gasteiger partial charge on any atom is -0.392 e. The minimum absolute atomic E-state index is 0.185. The Kier molecular flexibility index (Phi) is 3.66. The van der Waals surface area contributed by atoms with Crippen LogP contribution >= 0.6 is 0 Å². The van der Waals surface area contributed by atoms with E-state index in [4.69, 9.17) is 9.63 Å². The molecule has 0 amide bonds. The van der Waals surface area contributed by atoms with Crippen molar-refractivity contribution in [1.29, 1.82) is 0 Å². The number of aromatic nitrogens is 2. The molecule has 6 nitrogen and oxygen atoms in total. The van der Waals surface area contributed by atoms with Gasteiger partial charge in [0, 0.05) is 19.5 Å². The van der Waals surface area contributed by atoms with Crippen LogP contribution in [0.4, 0.5) is 4.39 Å². The lowest BCUT2D eigenvalue weighted by Gasteiger charge is -2.07. The zero-order valence-electron chi connectivity index (χ0n) is 11.6. The van der Waals surface area contributed by atoms with Crippen LogP contribution in [0.15, 0.2) is 27.8 Å². The molecule has 110 valence electrons. The summed E-state index contributed by atoms with van der Waals surface area (Å²) in [5.74, 6) is 0.0219. The Morgan fingerprint density at radius 3 is 2.95 bits per heavy atom. The van der Waals surface area contributed by atoms with Gasteiger partial charge >= 0.3 is 0 Å². The van der Waals surface area contributed by atoms with E-state index in [1.807, 2.05) is 11.9 Å². The predicted molar refractivity (Wildman–Crippen MR) is 74.0 cm³/mol. The van der Waals surface area contributed by atoms with Crippen LogP contribution in [0.5, 0.6) is 0 Å². The lowest BCUT2D eigenvalue weighted by Crippen LogP contribution is -2.11. The molecule has 1 aromatic heterocycles. The van der Waals surface area contributed by atoms with Gasteiger partial charge in [-0.3, -0.25) is 5.01 Å². The Labute approximate surface area is 120 Å². The van der Waals surface area contributed by atoms with E-state index >= 15 is 0 Å². The fourth-order valence-corrected chi connectivity index (χ4v) is 2.17. The Balaban J connectivity index is 1.89. The second-order valence-corrected chi connectivity index (χ2v) is 4.74. The molecular weight excluding hydrogens is 275 g/mol. The normalized spacial score (nSPS) is 14.6. The lowest BCUT2D eigenvalue weighted by atomic mass is 10.1. The molecule has 2 aromatic rings. The van der Waals surface area contributed by atoms with Gasteiger partial charge in [-0.1, -0.05) is 11.2 Å². The van der Waals surface area contributed by atoms with Crippen molar-refractivity contribution in [1.82, 2.24) is 15.1 Å². The molecule has 0 fully saturated rings. The predicted octanol–water partition coefficient (Wildman–Crippen LogP) is 1.80. The number of halogens is 1. The quantitative estimate of drug-likeness (QED) is 0.929. The first kappa shape index (κ1) is 13.7. The molecule has 1 aliphatic rings. The highest BCUT2D eigenvalue weighted by atomic mass is 19.1. The molecule has 0 spiro atoms. The molecule has 1 aliphatic heterocycles. The maximum atomic E-state index is 14.0.